The van der Waals surface area contributed by atoms with Gasteiger partial charge in [0.1, 0.15) is 0 Å². The summed E-state index contributed by atoms with van der Waals surface area (Å²) in [4.78, 5) is 0. The lowest BCUT2D eigenvalue weighted by molar-refractivity contribution is 1.49. The number of benzene rings is 3. The lowest BCUT2D eigenvalue weighted by Gasteiger charge is -2.10. The van der Waals surface area contributed by atoms with Crippen LogP contribution in [0.1, 0.15) is 16.7 Å². The first-order chi connectivity index (χ1) is 10.8. The molecule has 1 heteroatoms. The third-order valence-corrected chi connectivity index (χ3v) is 3.53. The number of rotatable bonds is 4. The topological polar surface area (TPSA) is 23.9 Å². The summed E-state index contributed by atoms with van der Waals surface area (Å²) in [5.74, 6) is 0. The van der Waals surface area contributed by atoms with Gasteiger partial charge >= 0.3 is 0 Å². The second-order valence-electron chi connectivity index (χ2n) is 5.08. The first-order valence-corrected chi connectivity index (χ1v) is 7.31. The molecule has 0 radical (unpaired) electrons. The van der Waals surface area contributed by atoms with Gasteiger partial charge < -0.3 is 0 Å². The molecule has 0 saturated heterocycles. The second kappa shape index (κ2) is 6.68. The predicted molar refractivity (Wildman–Crippen MR) is 94.0 cm³/mol. The molecule has 0 spiro atoms. The Morgan fingerprint density at radius 2 is 1.05 bits per heavy atom. The van der Waals surface area contributed by atoms with Crippen LogP contribution in [0.4, 0.5) is 0 Å². The van der Waals surface area contributed by atoms with Crippen LogP contribution in [0.15, 0.2) is 91.0 Å². The van der Waals surface area contributed by atoms with Crippen molar-refractivity contribution in [3.05, 3.63) is 108 Å². The molecule has 1 nitrogen and oxygen atoms in total. The fraction of sp³-hybridized carbons (Fsp3) is 0. The maximum Gasteiger partial charge on any atom is 0.0690 e. The molecule has 0 unspecified atom stereocenters. The van der Waals surface area contributed by atoms with Crippen molar-refractivity contribution >= 4 is 17.4 Å². The van der Waals surface area contributed by atoms with E-state index in [2.05, 4.69) is 18.2 Å². The van der Waals surface area contributed by atoms with Crippen LogP contribution in [0, 0.1) is 5.41 Å². The van der Waals surface area contributed by atoms with Crippen LogP contribution in [0.2, 0.25) is 0 Å². The van der Waals surface area contributed by atoms with Crippen LogP contribution >= 0.6 is 0 Å². The Kier molecular flexibility index (Phi) is 4.26. The molecule has 0 aliphatic heterocycles. The van der Waals surface area contributed by atoms with Gasteiger partial charge in [-0.05, 0) is 17.2 Å². The maximum absolute atomic E-state index is 8.61. The van der Waals surface area contributed by atoms with Crippen LogP contribution in [-0.4, -0.2) is 5.71 Å². The van der Waals surface area contributed by atoms with E-state index in [0.29, 0.717) is 5.71 Å². The molecule has 0 amide bonds. The van der Waals surface area contributed by atoms with Gasteiger partial charge in [-0.25, -0.2) is 0 Å². The molecule has 0 aromatic heterocycles. The van der Waals surface area contributed by atoms with E-state index in [9.17, 15) is 0 Å². The molecule has 0 bridgehead atoms. The summed E-state index contributed by atoms with van der Waals surface area (Å²) in [5, 5.41) is 8.61. The summed E-state index contributed by atoms with van der Waals surface area (Å²) in [6, 6.07) is 30.1. The van der Waals surface area contributed by atoms with Crippen molar-refractivity contribution in [3.8, 4) is 0 Å². The maximum atomic E-state index is 8.61. The standard InChI is InChI=1S/C21H17N/c22-21(19-14-8-3-9-15-19)20(18-12-6-2-7-13-18)16-17-10-4-1-5-11-17/h1-16,22H. The minimum atomic E-state index is 0.538. The quantitative estimate of drug-likeness (QED) is 0.496. The largest absolute Gasteiger partial charge is 0.300 e. The summed E-state index contributed by atoms with van der Waals surface area (Å²) in [7, 11) is 0. The minimum Gasteiger partial charge on any atom is -0.300 e. The molecule has 0 fully saturated rings. The van der Waals surface area contributed by atoms with Crippen molar-refractivity contribution in [1.29, 1.82) is 5.41 Å². The monoisotopic (exact) mass is 283 g/mol. The predicted octanol–water partition coefficient (Wildman–Crippen LogP) is 5.30. The van der Waals surface area contributed by atoms with E-state index in [1.807, 2.05) is 78.9 Å². The molecule has 22 heavy (non-hydrogen) atoms. The van der Waals surface area contributed by atoms with E-state index in [0.717, 1.165) is 22.3 Å². The fourth-order valence-corrected chi connectivity index (χ4v) is 2.39. The number of hydrogen-bond donors (Lipinski definition) is 1. The van der Waals surface area contributed by atoms with Crippen molar-refractivity contribution in [2.24, 2.45) is 0 Å². The third kappa shape index (κ3) is 3.21. The van der Waals surface area contributed by atoms with Gasteiger partial charge in [0.05, 0.1) is 5.71 Å². The molecule has 0 heterocycles. The van der Waals surface area contributed by atoms with Crippen LogP contribution in [0.5, 0.6) is 0 Å². The minimum absolute atomic E-state index is 0.538. The average molecular weight is 283 g/mol. The zero-order valence-electron chi connectivity index (χ0n) is 12.2. The Bertz CT molecular complexity index is 772. The van der Waals surface area contributed by atoms with E-state index in [1.54, 1.807) is 0 Å². The molecule has 0 aliphatic rings. The van der Waals surface area contributed by atoms with Gasteiger partial charge in [-0.15, -0.1) is 0 Å². The van der Waals surface area contributed by atoms with Crippen molar-refractivity contribution < 1.29 is 0 Å². The van der Waals surface area contributed by atoms with Crippen molar-refractivity contribution in [1.82, 2.24) is 0 Å². The first-order valence-electron chi connectivity index (χ1n) is 7.31. The SMILES string of the molecule is N=C(C(=Cc1ccccc1)c1ccccc1)c1ccccc1. The summed E-state index contributed by atoms with van der Waals surface area (Å²) in [6.45, 7) is 0. The van der Waals surface area contributed by atoms with Crippen LogP contribution in [0.3, 0.4) is 0 Å². The van der Waals surface area contributed by atoms with E-state index >= 15 is 0 Å². The van der Waals surface area contributed by atoms with Gasteiger partial charge in [-0.3, -0.25) is 5.41 Å². The zero-order chi connectivity index (χ0) is 15.2. The Hall–Kier alpha value is -2.93. The van der Waals surface area contributed by atoms with E-state index in [1.165, 1.54) is 0 Å². The summed E-state index contributed by atoms with van der Waals surface area (Å²) >= 11 is 0. The molecule has 0 aliphatic carbocycles. The second-order valence-corrected chi connectivity index (χ2v) is 5.08. The van der Waals surface area contributed by atoms with Crippen LogP contribution in [-0.2, 0) is 0 Å². The van der Waals surface area contributed by atoms with Crippen molar-refractivity contribution in [3.63, 3.8) is 0 Å². The number of allylic oxidation sites excluding steroid dienone is 1. The Labute approximate surface area is 131 Å². The van der Waals surface area contributed by atoms with Gasteiger partial charge in [-0.2, -0.15) is 0 Å². The first kappa shape index (κ1) is 14.0. The normalized spacial score (nSPS) is 11.2. The molecule has 0 atom stereocenters. The molecular weight excluding hydrogens is 266 g/mol. The Morgan fingerprint density at radius 1 is 0.591 bits per heavy atom. The lowest BCUT2D eigenvalue weighted by Crippen LogP contribution is -2.02. The zero-order valence-corrected chi connectivity index (χ0v) is 12.2. The van der Waals surface area contributed by atoms with Crippen LogP contribution in [0.25, 0.3) is 11.6 Å². The highest BCUT2D eigenvalue weighted by atomic mass is 14.4. The van der Waals surface area contributed by atoms with E-state index in [4.69, 9.17) is 5.41 Å². The molecule has 3 aromatic rings. The molecule has 1 N–H and O–H groups in total. The highest BCUT2D eigenvalue weighted by Gasteiger charge is 2.10. The van der Waals surface area contributed by atoms with Gasteiger partial charge in [-0.1, -0.05) is 91.0 Å². The van der Waals surface area contributed by atoms with Crippen LogP contribution < -0.4 is 0 Å². The Balaban J connectivity index is 2.08. The van der Waals surface area contributed by atoms with Crippen molar-refractivity contribution in [2.75, 3.05) is 0 Å². The highest BCUT2D eigenvalue weighted by Crippen LogP contribution is 2.22. The molecule has 3 rings (SSSR count). The summed E-state index contributed by atoms with van der Waals surface area (Å²) in [5.41, 5.74) is 4.55. The van der Waals surface area contributed by atoms with Gasteiger partial charge in [0.2, 0.25) is 0 Å². The molecule has 106 valence electrons. The Morgan fingerprint density at radius 3 is 1.59 bits per heavy atom. The highest BCUT2D eigenvalue weighted by molar-refractivity contribution is 6.33. The van der Waals surface area contributed by atoms with E-state index in [-0.39, 0.29) is 0 Å². The average Bonchev–Trinajstić information content (AvgIpc) is 2.61. The summed E-state index contributed by atoms with van der Waals surface area (Å²) in [6.07, 6.45) is 2.07. The number of hydrogen-bond acceptors (Lipinski definition) is 1. The fourth-order valence-electron chi connectivity index (χ4n) is 2.39. The number of nitrogens with one attached hydrogen (secondary N) is 1. The third-order valence-electron chi connectivity index (χ3n) is 3.53. The molecule has 3 aromatic carbocycles. The molecule has 0 saturated carbocycles. The summed E-state index contributed by atoms with van der Waals surface area (Å²) < 4.78 is 0. The van der Waals surface area contributed by atoms with Gasteiger partial charge in [0, 0.05) is 11.1 Å². The smallest absolute Gasteiger partial charge is 0.0690 e. The lowest BCUT2D eigenvalue weighted by atomic mass is 9.94. The van der Waals surface area contributed by atoms with Crippen molar-refractivity contribution in [2.45, 2.75) is 0 Å². The molecular formula is C21H17N. The van der Waals surface area contributed by atoms with Gasteiger partial charge in [0.15, 0.2) is 0 Å². The van der Waals surface area contributed by atoms with E-state index < -0.39 is 0 Å². The van der Waals surface area contributed by atoms with Gasteiger partial charge in [0.25, 0.3) is 0 Å².